The van der Waals surface area contributed by atoms with Crippen LogP contribution < -0.4 is 0 Å². The Labute approximate surface area is 137 Å². The first-order valence-electron chi connectivity index (χ1n) is 6.59. The smallest absolute Gasteiger partial charge is 0.167 e. The fourth-order valence-electron chi connectivity index (χ4n) is 2.23. The van der Waals surface area contributed by atoms with Crippen LogP contribution in [-0.2, 0) is 6.42 Å². The summed E-state index contributed by atoms with van der Waals surface area (Å²) < 4.78 is 0. The molecule has 1 aromatic heterocycles. The van der Waals surface area contributed by atoms with Crippen molar-refractivity contribution in [2.45, 2.75) is 6.42 Å². The van der Waals surface area contributed by atoms with Gasteiger partial charge in [-0.15, -0.1) is 0 Å². The normalized spacial score (nSPS) is 10.8. The molecule has 0 spiro atoms. The molecule has 1 N–H and O–H groups in total. The Kier molecular flexibility index (Phi) is 4.01. The van der Waals surface area contributed by atoms with Crippen molar-refractivity contribution in [3.63, 3.8) is 0 Å². The van der Waals surface area contributed by atoms with Gasteiger partial charge in [0.25, 0.3) is 0 Å². The van der Waals surface area contributed by atoms with E-state index in [1.807, 2.05) is 30.3 Å². The third-order valence-electron chi connectivity index (χ3n) is 3.35. The third kappa shape index (κ3) is 2.91. The molecule has 0 aliphatic rings. The summed E-state index contributed by atoms with van der Waals surface area (Å²) in [6.45, 7) is 0. The van der Waals surface area contributed by atoms with Gasteiger partial charge in [-0.1, -0.05) is 41.4 Å². The number of ketones is 1. The molecule has 3 rings (SSSR count). The van der Waals surface area contributed by atoms with E-state index in [1.165, 1.54) is 12.1 Å². The van der Waals surface area contributed by atoms with Gasteiger partial charge in [-0.05, 0) is 29.8 Å². The van der Waals surface area contributed by atoms with Crippen LogP contribution >= 0.6 is 23.2 Å². The van der Waals surface area contributed by atoms with Crippen molar-refractivity contribution in [1.82, 2.24) is 4.98 Å². The second kappa shape index (κ2) is 5.95. The van der Waals surface area contributed by atoms with E-state index in [2.05, 4.69) is 4.98 Å². The molecule has 0 amide bonds. The maximum absolute atomic E-state index is 12.3. The van der Waals surface area contributed by atoms with E-state index in [4.69, 9.17) is 23.2 Å². The molecule has 0 bridgehead atoms. The Hall–Kier alpha value is -2.10. The fourth-order valence-corrected chi connectivity index (χ4v) is 2.71. The Balaban J connectivity index is 1.89. The number of aromatic hydroxyl groups is 1. The molecular weight excluding hydrogens is 321 g/mol. The first kappa shape index (κ1) is 14.8. The molecule has 1 heterocycles. The van der Waals surface area contributed by atoms with Crippen molar-refractivity contribution in [3.8, 4) is 5.75 Å². The number of aromatic nitrogens is 1. The molecule has 22 heavy (non-hydrogen) atoms. The van der Waals surface area contributed by atoms with Gasteiger partial charge in [-0.25, -0.2) is 0 Å². The number of phenols is 1. The lowest BCUT2D eigenvalue weighted by molar-refractivity contribution is 0.0993. The summed E-state index contributed by atoms with van der Waals surface area (Å²) in [5.74, 6) is -0.354. The van der Waals surface area contributed by atoms with E-state index in [-0.39, 0.29) is 28.0 Å². The van der Waals surface area contributed by atoms with E-state index in [0.29, 0.717) is 5.56 Å². The highest BCUT2D eigenvalue weighted by atomic mass is 35.5. The van der Waals surface area contributed by atoms with Gasteiger partial charge in [0, 0.05) is 23.6 Å². The van der Waals surface area contributed by atoms with Crippen LogP contribution in [0.4, 0.5) is 0 Å². The number of nitrogens with zero attached hydrogens (tertiary/aromatic N) is 1. The number of fused-ring (bicyclic) bond motifs is 1. The standard InChI is InChI=1S/C17H11Cl2NO2/c18-13-7-12(8-14(19)17(13)22)16(21)6-10-5-11-3-1-2-4-15(11)20-9-10/h1-5,7-9,22H,6H2. The first-order chi connectivity index (χ1) is 10.5. The van der Waals surface area contributed by atoms with Gasteiger partial charge in [0.15, 0.2) is 11.5 Å². The molecular formula is C17H11Cl2NO2. The van der Waals surface area contributed by atoms with Gasteiger partial charge in [0.1, 0.15) is 0 Å². The van der Waals surface area contributed by atoms with Gasteiger partial charge in [0.2, 0.25) is 0 Å². The SMILES string of the molecule is O=C(Cc1cnc2ccccc2c1)c1cc(Cl)c(O)c(Cl)c1. The largest absolute Gasteiger partial charge is 0.505 e. The van der Waals surface area contributed by atoms with Gasteiger partial charge >= 0.3 is 0 Å². The minimum Gasteiger partial charge on any atom is -0.505 e. The van der Waals surface area contributed by atoms with Crippen molar-refractivity contribution in [3.05, 3.63) is 69.8 Å². The number of para-hydroxylation sites is 1. The minimum absolute atomic E-state index is 0.0625. The van der Waals surface area contributed by atoms with Crippen LogP contribution in [-0.4, -0.2) is 15.9 Å². The Morgan fingerprint density at radius 2 is 1.77 bits per heavy atom. The van der Waals surface area contributed by atoms with E-state index in [0.717, 1.165) is 16.5 Å². The molecule has 0 aliphatic heterocycles. The molecule has 0 radical (unpaired) electrons. The van der Waals surface area contributed by atoms with E-state index >= 15 is 0 Å². The quantitative estimate of drug-likeness (QED) is 0.709. The predicted octanol–water partition coefficient (Wildman–Crippen LogP) is 4.67. The highest BCUT2D eigenvalue weighted by Gasteiger charge is 2.13. The lowest BCUT2D eigenvalue weighted by atomic mass is 10.0. The molecule has 0 saturated carbocycles. The average molecular weight is 332 g/mol. The van der Waals surface area contributed by atoms with Crippen LogP contribution in [0.1, 0.15) is 15.9 Å². The number of hydrogen-bond donors (Lipinski definition) is 1. The molecule has 3 nitrogen and oxygen atoms in total. The lowest BCUT2D eigenvalue weighted by Gasteiger charge is -2.06. The molecule has 0 saturated heterocycles. The average Bonchev–Trinajstić information content (AvgIpc) is 2.52. The Bertz CT molecular complexity index is 854. The van der Waals surface area contributed by atoms with Gasteiger partial charge in [-0.2, -0.15) is 0 Å². The van der Waals surface area contributed by atoms with Crippen LogP contribution in [0, 0.1) is 0 Å². The van der Waals surface area contributed by atoms with E-state index < -0.39 is 0 Å². The van der Waals surface area contributed by atoms with Crippen molar-refractivity contribution < 1.29 is 9.90 Å². The monoisotopic (exact) mass is 331 g/mol. The van der Waals surface area contributed by atoms with Crippen LogP contribution in [0.5, 0.6) is 5.75 Å². The van der Waals surface area contributed by atoms with Crippen LogP contribution in [0.2, 0.25) is 10.0 Å². The first-order valence-corrected chi connectivity index (χ1v) is 7.35. The fraction of sp³-hybridized carbons (Fsp3) is 0.0588. The Morgan fingerprint density at radius 3 is 2.50 bits per heavy atom. The van der Waals surface area contributed by atoms with Crippen molar-refractivity contribution in [2.24, 2.45) is 0 Å². The molecule has 3 aromatic rings. The Morgan fingerprint density at radius 1 is 1.09 bits per heavy atom. The number of carbonyl (C=O) groups excluding carboxylic acids is 1. The summed E-state index contributed by atoms with van der Waals surface area (Å²) in [6.07, 6.45) is 1.87. The maximum atomic E-state index is 12.3. The zero-order valence-electron chi connectivity index (χ0n) is 11.4. The van der Waals surface area contributed by atoms with Gasteiger partial charge in [0.05, 0.1) is 15.6 Å². The zero-order valence-corrected chi connectivity index (χ0v) is 12.9. The highest BCUT2D eigenvalue weighted by molar-refractivity contribution is 6.37. The summed E-state index contributed by atoms with van der Waals surface area (Å²) in [6, 6.07) is 12.5. The van der Waals surface area contributed by atoms with Gasteiger partial charge in [-0.3, -0.25) is 9.78 Å². The van der Waals surface area contributed by atoms with Crippen molar-refractivity contribution >= 4 is 39.9 Å². The minimum atomic E-state index is -0.216. The summed E-state index contributed by atoms with van der Waals surface area (Å²) >= 11 is 11.7. The van der Waals surface area contributed by atoms with Crippen LogP contribution in [0.15, 0.2) is 48.7 Å². The molecule has 0 fully saturated rings. The molecule has 110 valence electrons. The van der Waals surface area contributed by atoms with E-state index in [1.54, 1.807) is 6.20 Å². The van der Waals surface area contributed by atoms with Crippen LogP contribution in [0.3, 0.4) is 0 Å². The number of rotatable bonds is 3. The molecule has 0 atom stereocenters. The highest BCUT2D eigenvalue weighted by Crippen LogP contribution is 2.33. The summed E-state index contributed by atoms with van der Waals surface area (Å²) in [5, 5.41) is 10.6. The third-order valence-corrected chi connectivity index (χ3v) is 3.93. The predicted molar refractivity (Wildman–Crippen MR) is 87.9 cm³/mol. The number of phenolic OH excluding ortho intramolecular Hbond substituents is 1. The van der Waals surface area contributed by atoms with Gasteiger partial charge < -0.3 is 5.11 Å². The molecule has 0 unspecified atom stereocenters. The number of halogens is 2. The molecule has 2 aromatic carbocycles. The summed E-state index contributed by atoms with van der Waals surface area (Å²) in [4.78, 5) is 16.7. The number of hydrogen-bond acceptors (Lipinski definition) is 3. The summed E-state index contributed by atoms with van der Waals surface area (Å²) in [5.41, 5.74) is 2.05. The second-order valence-electron chi connectivity index (χ2n) is 4.92. The molecule has 0 aliphatic carbocycles. The topological polar surface area (TPSA) is 50.2 Å². The lowest BCUT2D eigenvalue weighted by Crippen LogP contribution is -2.04. The van der Waals surface area contributed by atoms with Crippen LogP contribution in [0.25, 0.3) is 10.9 Å². The maximum Gasteiger partial charge on any atom is 0.167 e. The van der Waals surface area contributed by atoms with Crippen molar-refractivity contribution in [2.75, 3.05) is 0 Å². The zero-order chi connectivity index (χ0) is 15.7. The number of carbonyl (C=O) groups is 1. The molecule has 5 heteroatoms. The summed E-state index contributed by atoms with van der Waals surface area (Å²) in [7, 11) is 0. The second-order valence-corrected chi connectivity index (χ2v) is 5.74. The number of pyridine rings is 1. The van der Waals surface area contributed by atoms with E-state index in [9.17, 15) is 9.90 Å². The number of benzene rings is 2. The van der Waals surface area contributed by atoms with Crippen molar-refractivity contribution in [1.29, 1.82) is 0 Å². The number of Topliss-reactive ketones (excluding diaryl/α,β-unsaturated/α-hetero) is 1.